The van der Waals surface area contributed by atoms with E-state index in [1.54, 1.807) is 31.5 Å². The Bertz CT molecular complexity index is 1200. The van der Waals surface area contributed by atoms with Gasteiger partial charge in [0.15, 0.2) is 11.5 Å². The fraction of sp³-hybridized carbons (Fsp3) is 0.150. The monoisotopic (exact) mass is 482 g/mol. The number of oxime groups is 1. The molecular formula is C20H14ClF3N4O3S. The molecule has 2 heterocycles. The van der Waals surface area contributed by atoms with Crippen LogP contribution < -0.4 is 5.32 Å². The summed E-state index contributed by atoms with van der Waals surface area (Å²) in [6, 6.07) is 6.25. The lowest BCUT2D eigenvalue weighted by Crippen LogP contribution is -2.26. The smallest absolute Gasteiger partial charge is 0.410 e. The number of amides is 1. The summed E-state index contributed by atoms with van der Waals surface area (Å²) < 4.78 is 39.7. The lowest BCUT2D eigenvalue weighted by molar-refractivity contribution is -0.136. The zero-order valence-corrected chi connectivity index (χ0v) is 17.8. The molecule has 7 nitrogen and oxygen atoms in total. The van der Waals surface area contributed by atoms with Crippen LogP contribution in [0.5, 0.6) is 0 Å². The number of aryl methyl sites for hydroxylation is 1. The van der Waals surface area contributed by atoms with E-state index in [9.17, 15) is 28.0 Å². The number of carbonyl (C=O) groups excluding carboxylic acids is 2. The van der Waals surface area contributed by atoms with Crippen molar-refractivity contribution in [3.63, 3.8) is 0 Å². The number of benzene rings is 1. The van der Waals surface area contributed by atoms with Crippen molar-refractivity contribution >= 4 is 46.0 Å². The standard InChI is InChI=1S/C20H14ClF3N4O3S/c1-10-17(32-19(26-10)11-3-2-6-25-9-11)16(29)8-15(28-31)18(30)27-14-5-4-12(21)7-13(14)20(22,23)24/h2-7,9,31H,8H2,1H3,(H,27,30)/b28-15+. The van der Waals surface area contributed by atoms with E-state index in [1.165, 1.54) is 0 Å². The zero-order valence-electron chi connectivity index (χ0n) is 16.3. The Hall–Kier alpha value is -3.31. The topological polar surface area (TPSA) is 105 Å². The molecule has 1 amide bonds. The summed E-state index contributed by atoms with van der Waals surface area (Å²) in [6.45, 7) is 1.60. The first-order valence-corrected chi connectivity index (χ1v) is 10.1. The molecule has 0 atom stereocenters. The Labute approximate surface area is 188 Å². The molecule has 0 unspecified atom stereocenters. The number of anilines is 1. The van der Waals surface area contributed by atoms with Gasteiger partial charge in [-0.25, -0.2) is 4.98 Å². The first-order valence-electron chi connectivity index (χ1n) is 8.90. The molecule has 1 aromatic carbocycles. The van der Waals surface area contributed by atoms with Crippen LogP contribution in [0.25, 0.3) is 10.6 Å². The quantitative estimate of drug-likeness (QED) is 0.217. The van der Waals surface area contributed by atoms with Gasteiger partial charge in [-0.05, 0) is 37.3 Å². The molecule has 166 valence electrons. The fourth-order valence-electron chi connectivity index (χ4n) is 2.72. The number of hydrogen-bond donors (Lipinski definition) is 2. The number of rotatable bonds is 6. The van der Waals surface area contributed by atoms with Crippen molar-refractivity contribution in [3.05, 3.63) is 63.9 Å². The minimum absolute atomic E-state index is 0.174. The highest BCUT2D eigenvalue weighted by molar-refractivity contribution is 7.17. The van der Waals surface area contributed by atoms with Gasteiger partial charge in [0.25, 0.3) is 5.91 Å². The van der Waals surface area contributed by atoms with Crippen LogP contribution in [0.4, 0.5) is 18.9 Å². The van der Waals surface area contributed by atoms with Gasteiger partial charge in [0.1, 0.15) is 5.01 Å². The minimum atomic E-state index is -4.79. The van der Waals surface area contributed by atoms with Gasteiger partial charge in [-0.15, -0.1) is 11.3 Å². The van der Waals surface area contributed by atoms with Gasteiger partial charge >= 0.3 is 6.18 Å². The van der Waals surface area contributed by atoms with Crippen LogP contribution in [0.2, 0.25) is 5.02 Å². The maximum Gasteiger partial charge on any atom is 0.418 e. The first-order chi connectivity index (χ1) is 15.1. The van der Waals surface area contributed by atoms with Gasteiger partial charge in [-0.2, -0.15) is 13.2 Å². The number of carbonyl (C=O) groups is 2. The Kier molecular flexibility index (Phi) is 6.90. The average molecular weight is 483 g/mol. The zero-order chi connectivity index (χ0) is 23.5. The highest BCUT2D eigenvalue weighted by Crippen LogP contribution is 2.36. The maximum absolute atomic E-state index is 13.2. The summed E-state index contributed by atoms with van der Waals surface area (Å²) in [7, 11) is 0. The van der Waals surface area contributed by atoms with Crippen molar-refractivity contribution in [2.45, 2.75) is 19.5 Å². The van der Waals surface area contributed by atoms with Crippen LogP contribution in [-0.4, -0.2) is 32.6 Å². The summed E-state index contributed by atoms with van der Waals surface area (Å²) >= 11 is 6.68. The molecule has 0 spiro atoms. The fourth-order valence-corrected chi connectivity index (χ4v) is 3.88. The third-order valence-electron chi connectivity index (χ3n) is 4.20. The number of aromatic nitrogens is 2. The lowest BCUT2D eigenvalue weighted by Gasteiger charge is -2.14. The van der Waals surface area contributed by atoms with E-state index in [4.69, 9.17) is 11.6 Å². The van der Waals surface area contributed by atoms with Crippen LogP contribution in [0.1, 0.15) is 27.3 Å². The highest BCUT2D eigenvalue weighted by atomic mass is 35.5. The van der Waals surface area contributed by atoms with E-state index >= 15 is 0 Å². The minimum Gasteiger partial charge on any atom is -0.410 e. The van der Waals surface area contributed by atoms with Crippen molar-refractivity contribution in [2.24, 2.45) is 5.16 Å². The summed E-state index contributed by atoms with van der Waals surface area (Å²) in [5, 5.41) is 14.4. The summed E-state index contributed by atoms with van der Waals surface area (Å²) in [4.78, 5) is 33.6. The van der Waals surface area contributed by atoms with Crippen LogP contribution in [-0.2, 0) is 11.0 Å². The predicted molar refractivity (Wildman–Crippen MR) is 113 cm³/mol. The van der Waals surface area contributed by atoms with Crippen LogP contribution in [0.3, 0.4) is 0 Å². The van der Waals surface area contributed by atoms with Gasteiger partial charge in [0, 0.05) is 23.0 Å². The molecule has 3 rings (SSSR count). The molecule has 2 aromatic heterocycles. The van der Waals surface area contributed by atoms with Gasteiger partial charge in [0.2, 0.25) is 0 Å². The predicted octanol–water partition coefficient (Wildman–Crippen LogP) is 5.23. The summed E-state index contributed by atoms with van der Waals surface area (Å²) in [5.74, 6) is -1.74. The van der Waals surface area contributed by atoms with Gasteiger partial charge in [-0.3, -0.25) is 14.6 Å². The highest BCUT2D eigenvalue weighted by Gasteiger charge is 2.34. The first kappa shape index (κ1) is 23.4. The lowest BCUT2D eigenvalue weighted by atomic mass is 10.1. The molecule has 0 aliphatic rings. The van der Waals surface area contributed by atoms with Gasteiger partial charge in [-0.1, -0.05) is 16.8 Å². The summed E-state index contributed by atoms with van der Waals surface area (Å²) in [5.41, 5.74) is -1.34. The Morgan fingerprint density at radius 2 is 2.03 bits per heavy atom. The molecular weight excluding hydrogens is 469 g/mol. The molecule has 0 bridgehead atoms. The van der Waals surface area contributed by atoms with Crippen molar-refractivity contribution < 1.29 is 28.0 Å². The number of halogens is 4. The van der Waals surface area contributed by atoms with E-state index in [1.807, 2.05) is 5.32 Å². The Balaban J connectivity index is 1.79. The van der Waals surface area contributed by atoms with Gasteiger partial charge < -0.3 is 10.5 Å². The second-order valence-corrected chi connectivity index (χ2v) is 7.90. The average Bonchev–Trinajstić information content (AvgIpc) is 3.14. The molecule has 3 aromatic rings. The van der Waals surface area contributed by atoms with Crippen molar-refractivity contribution in [1.29, 1.82) is 0 Å². The number of pyridine rings is 1. The number of hydrogen-bond acceptors (Lipinski definition) is 7. The van der Waals surface area contributed by atoms with Crippen molar-refractivity contribution in [1.82, 2.24) is 9.97 Å². The molecule has 0 radical (unpaired) electrons. The number of nitrogens with zero attached hydrogens (tertiary/aromatic N) is 3. The third kappa shape index (κ3) is 5.29. The van der Waals surface area contributed by atoms with Crippen molar-refractivity contribution in [2.75, 3.05) is 5.32 Å². The van der Waals surface area contributed by atoms with Crippen molar-refractivity contribution in [3.8, 4) is 10.6 Å². The molecule has 12 heteroatoms. The third-order valence-corrected chi connectivity index (χ3v) is 5.69. The van der Waals surface area contributed by atoms with E-state index in [2.05, 4.69) is 15.1 Å². The van der Waals surface area contributed by atoms with Gasteiger partial charge in [0.05, 0.1) is 28.2 Å². The second-order valence-electron chi connectivity index (χ2n) is 6.46. The molecule has 0 saturated heterocycles. The van der Waals surface area contributed by atoms with E-state index in [0.29, 0.717) is 22.3 Å². The molecule has 0 aliphatic carbocycles. The summed E-state index contributed by atoms with van der Waals surface area (Å²) in [6.07, 6.45) is -2.27. The molecule has 32 heavy (non-hydrogen) atoms. The number of alkyl halides is 3. The number of ketones is 1. The largest absolute Gasteiger partial charge is 0.418 e. The number of nitrogens with one attached hydrogen (secondary N) is 1. The number of Topliss-reactive ketones (excluding diaryl/α,β-unsaturated/α-hetero) is 1. The molecule has 0 aliphatic heterocycles. The normalized spacial score (nSPS) is 12.0. The molecule has 2 N–H and O–H groups in total. The second kappa shape index (κ2) is 9.45. The number of thiazole rings is 1. The molecule has 0 fully saturated rings. The van der Waals surface area contributed by atoms with E-state index < -0.39 is 41.3 Å². The SMILES string of the molecule is Cc1nc(-c2cccnc2)sc1C(=O)C/C(=N\O)C(=O)Nc1ccc(Cl)cc1C(F)(F)F. The molecule has 0 saturated carbocycles. The Morgan fingerprint density at radius 3 is 2.66 bits per heavy atom. The maximum atomic E-state index is 13.2. The van der Waals surface area contributed by atoms with E-state index in [-0.39, 0.29) is 9.90 Å². The van der Waals surface area contributed by atoms with Crippen LogP contribution >= 0.6 is 22.9 Å². The van der Waals surface area contributed by atoms with E-state index in [0.717, 1.165) is 23.5 Å². The van der Waals surface area contributed by atoms with Crippen LogP contribution in [0.15, 0.2) is 47.9 Å². The van der Waals surface area contributed by atoms with Crippen LogP contribution in [0, 0.1) is 6.92 Å². The Morgan fingerprint density at radius 1 is 1.28 bits per heavy atom.